The molecule has 11 heteroatoms. The number of rotatable bonds is 8. The Hall–Kier alpha value is -3.14. The number of methoxy groups -OCH3 is 1. The van der Waals surface area contributed by atoms with Gasteiger partial charge in [0.15, 0.2) is 0 Å². The first-order valence-electron chi connectivity index (χ1n) is 7.40. The van der Waals surface area contributed by atoms with Gasteiger partial charge in [-0.1, -0.05) is 11.6 Å². The summed E-state index contributed by atoms with van der Waals surface area (Å²) in [6.07, 6.45) is 0. The lowest BCUT2D eigenvalue weighted by Gasteiger charge is -2.12. The van der Waals surface area contributed by atoms with Gasteiger partial charge in [0, 0.05) is 11.8 Å². The van der Waals surface area contributed by atoms with Crippen molar-refractivity contribution in [2.24, 2.45) is 0 Å². The van der Waals surface area contributed by atoms with E-state index in [0.717, 1.165) is 0 Å². The third kappa shape index (κ3) is 5.68. The molecule has 0 spiro atoms. The van der Waals surface area contributed by atoms with Crippen LogP contribution < -0.4 is 20.1 Å². The van der Waals surface area contributed by atoms with Gasteiger partial charge >= 0.3 is 6.61 Å². The topological polar surface area (TPSA) is 103 Å². The van der Waals surface area contributed by atoms with Crippen molar-refractivity contribution in [3.05, 3.63) is 51.5 Å². The van der Waals surface area contributed by atoms with Crippen LogP contribution in [0.2, 0.25) is 5.02 Å². The number of nitrogens with zero attached hydrogens (tertiary/aromatic N) is 1. The lowest BCUT2D eigenvalue weighted by atomic mass is 10.2. The predicted molar refractivity (Wildman–Crippen MR) is 94.9 cm³/mol. The fourth-order valence-electron chi connectivity index (χ4n) is 2.08. The van der Waals surface area contributed by atoms with Crippen LogP contribution in [0.1, 0.15) is 0 Å². The SMILES string of the molecule is COc1cc([N+](=O)[O-])ccc1NC(=O)CNc1ccc(OC(F)F)c(Cl)c1. The van der Waals surface area contributed by atoms with Gasteiger partial charge in [0.05, 0.1) is 35.4 Å². The number of alkyl halides is 2. The van der Waals surface area contributed by atoms with Crippen molar-refractivity contribution in [3.8, 4) is 11.5 Å². The highest BCUT2D eigenvalue weighted by atomic mass is 35.5. The minimum Gasteiger partial charge on any atom is -0.494 e. The second-order valence-electron chi connectivity index (χ2n) is 5.07. The van der Waals surface area contributed by atoms with Gasteiger partial charge in [-0.25, -0.2) is 0 Å². The molecule has 0 aliphatic heterocycles. The molecule has 2 N–H and O–H groups in total. The molecular formula is C16H14ClF2N3O5. The van der Waals surface area contributed by atoms with Crippen LogP contribution in [0.15, 0.2) is 36.4 Å². The summed E-state index contributed by atoms with van der Waals surface area (Å²) in [5, 5.41) is 16.0. The van der Waals surface area contributed by atoms with Crippen molar-refractivity contribution < 1.29 is 28.0 Å². The molecule has 2 aromatic rings. The molecule has 0 fully saturated rings. The number of benzene rings is 2. The molecule has 1 amide bonds. The highest BCUT2D eigenvalue weighted by Crippen LogP contribution is 2.30. The summed E-state index contributed by atoms with van der Waals surface area (Å²) >= 11 is 5.83. The van der Waals surface area contributed by atoms with Crippen LogP contribution in [0.5, 0.6) is 11.5 Å². The summed E-state index contributed by atoms with van der Waals surface area (Å²) in [7, 11) is 1.32. The third-order valence-corrected chi connectivity index (χ3v) is 3.57. The minimum absolute atomic E-state index is 0.0438. The predicted octanol–water partition coefficient (Wildman–Crippen LogP) is 3.91. The second-order valence-corrected chi connectivity index (χ2v) is 5.47. The van der Waals surface area contributed by atoms with Crippen molar-refractivity contribution in [2.45, 2.75) is 6.61 Å². The average Bonchev–Trinajstić information content (AvgIpc) is 2.61. The Morgan fingerprint density at radius 2 is 2.00 bits per heavy atom. The zero-order valence-corrected chi connectivity index (χ0v) is 14.6. The maximum absolute atomic E-state index is 12.2. The maximum atomic E-state index is 12.2. The smallest absolute Gasteiger partial charge is 0.387 e. The fourth-order valence-corrected chi connectivity index (χ4v) is 2.30. The van der Waals surface area contributed by atoms with Crippen molar-refractivity contribution in [1.82, 2.24) is 0 Å². The molecule has 0 radical (unpaired) electrons. The maximum Gasteiger partial charge on any atom is 0.387 e. The molecule has 0 saturated carbocycles. The second kappa shape index (κ2) is 8.99. The van der Waals surface area contributed by atoms with Crippen LogP contribution in [0.3, 0.4) is 0 Å². The van der Waals surface area contributed by atoms with Crippen molar-refractivity contribution in [3.63, 3.8) is 0 Å². The van der Waals surface area contributed by atoms with Gasteiger partial charge in [-0.15, -0.1) is 0 Å². The number of ether oxygens (including phenoxy) is 2. The van der Waals surface area contributed by atoms with Gasteiger partial charge in [-0.2, -0.15) is 8.78 Å². The molecule has 0 atom stereocenters. The number of hydrogen-bond acceptors (Lipinski definition) is 6. The monoisotopic (exact) mass is 401 g/mol. The lowest BCUT2D eigenvalue weighted by molar-refractivity contribution is -0.384. The number of carbonyl (C=O) groups is 1. The van der Waals surface area contributed by atoms with Crippen LogP contribution >= 0.6 is 11.6 Å². The number of nitro benzene ring substituents is 1. The van der Waals surface area contributed by atoms with Crippen LogP contribution in [0.4, 0.5) is 25.8 Å². The quantitative estimate of drug-likeness (QED) is 0.513. The van der Waals surface area contributed by atoms with E-state index < -0.39 is 17.4 Å². The first-order chi connectivity index (χ1) is 12.8. The van der Waals surface area contributed by atoms with Crippen molar-refractivity contribution >= 4 is 34.6 Å². The number of nitro groups is 1. The van der Waals surface area contributed by atoms with Gasteiger partial charge in [-0.05, 0) is 24.3 Å². The molecule has 8 nitrogen and oxygen atoms in total. The number of amides is 1. The molecule has 144 valence electrons. The normalized spacial score (nSPS) is 10.4. The Labute approximate surface area is 157 Å². The Bertz CT molecular complexity index is 851. The van der Waals surface area contributed by atoms with Gasteiger partial charge < -0.3 is 20.1 Å². The molecule has 0 aliphatic carbocycles. The minimum atomic E-state index is -3.00. The van der Waals surface area contributed by atoms with Gasteiger partial charge in [0.1, 0.15) is 11.5 Å². The number of nitrogens with one attached hydrogen (secondary N) is 2. The van der Waals surface area contributed by atoms with E-state index in [1.54, 1.807) is 0 Å². The molecule has 0 heterocycles. The summed E-state index contributed by atoms with van der Waals surface area (Å²) in [4.78, 5) is 22.2. The molecule has 0 bridgehead atoms. The Morgan fingerprint density at radius 1 is 1.26 bits per heavy atom. The summed E-state index contributed by atoms with van der Waals surface area (Å²) in [6.45, 7) is -3.17. The number of carbonyl (C=O) groups excluding carboxylic acids is 1. The number of halogens is 3. The Balaban J connectivity index is 1.98. The molecule has 0 aliphatic rings. The summed E-state index contributed by atoms with van der Waals surface area (Å²) in [5.74, 6) is -0.516. The molecule has 2 rings (SSSR count). The van der Waals surface area contributed by atoms with E-state index in [2.05, 4.69) is 15.4 Å². The molecule has 0 aromatic heterocycles. The van der Waals surface area contributed by atoms with Crippen LogP contribution in [0.25, 0.3) is 0 Å². The van der Waals surface area contributed by atoms with Gasteiger partial charge in [0.2, 0.25) is 5.91 Å². The zero-order chi connectivity index (χ0) is 20.0. The first-order valence-corrected chi connectivity index (χ1v) is 7.78. The van der Waals surface area contributed by atoms with Crippen molar-refractivity contribution in [2.75, 3.05) is 24.3 Å². The Kier molecular flexibility index (Phi) is 6.72. The van der Waals surface area contributed by atoms with Gasteiger partial charge in [0.25, 0.3) is 5.69 Å². The first kappa shape index (κ1) is 20.2. The van der Waals surface area contributed by atoms with Crippen LogP contribution in [-0.2, 0) is 4.79 Å². The van der Waals surface area contributed by atoms with E-state index in [9.17, 15) is 23.7 Å². The third-order valence-electron chi connectivity index (χ3n) is 3.27. The standard InChI is InChI=1S/C16H14ClF2N3O5/c1-26-14-7-10(22(24)25)3-4-12(14)21-15(23)8-20-9-2-5-13(11(17)6-9)27-16(18)19/h2-7,16,20H,8H2,1H3,(H,21,23). The number of hydrogen-bond donors (Lipinski definition) is 2. The van der Waals surface area contributed by atoms with E-state index in [4.69, 9.17) is 16.3 Å². The van der Waals surface area contributed by atoms with E-state index >= 15 is 0 Å². The number of anilines is 2. The lowest BCUT2D eigenvalue weighted by Crippen LogP contribution is -2.22. The van der Waals surface area contributed by atoms with E-state index in [1.807, 2.05) is 0 Å². The largest absolute Gasteiger partial charge is 0.494 e. The molecule has 0 saturated heterocycles. The molecule has 0 unspecified atom stereocenters. The van der Waals surface area contributed by atoms with E-state index in [0.29, 0.717) is 5.69 Å². The summed E-state index contributed by atoms with van der Waals surface area (Å²) < 4.78 is 33.6. The number of non-ortho nitro benzene ring substituents is 1. The van der Waals surface area contributed by atoms with Crippen LogP contribution in [0, 0.1) is 10.1 Å². The zero-order valence-electron chi connectivity index (χ0n) is 13.9. The van der Waals surface area contributed by atoms with E-state index in [1.165, 1.54) is 43.5 Å². The highest BCUT2D eigenvalue weighted by Gasteiger charge is 2.14. The Morgan fingerprint density at radius 3 is 2.59 bits per heavy atom. The van der Waals surface area contributed by atoms with E-state index in [-0.39, 0.29) is 34.4 Å². The average molecular weight is 402 g/mol. The molecule has 27 heavy (non-hydrogen) atoms. The fraction of sp³-hybridized carbons (Fsp3) is 0.188. The summed E-state index contributed by atoms with van der Waals surface area (Å²) in [5.41, 5.74) is 0.491. The summed E-state index contributed by atoms with van der Waals surface area (Å²) in [6, 6.07) is 7.76. The van der Waals surface area contributed by atoms with Crippen LogP contribution in [-0.4, -0.2) is 31.1 Å². The highest BCUT2D eigenvalue weighted by molar-refractivity contribution is 6.32. The van der Waals surface area contributed by atoms with Gasteiger partial charge in [-0.3, -0.25) is 14.9 Å². The molecular weight excluding hydrogens is 388 g/mol. The van der Waals surface area contributed by atoms with Crippen molar-refractivity contribution in [1.29, 1.82) is 0 Å². The molecule has 2 aromatic carbocycles.